The van der Waals surface area contributed by atoms with E-state index in [-0.39, 0.29) is 24.5 Å². The first-order valence-corrected chi connectivity index (χ1v) is 11.2. The minimum Gasteiger partial charge on any atom is -0.496 e. The summed E-state index contributed by atoms with van der Waals surface area (Å²) < 4.78 is 11.2. The maximum atomic E-state index is 13.7. The van der Waals surface area contributed by atoms with Gasteiger partial charge in [-0.15, -0.1) is 0 Å². The Kier molecular flexibility index (Phi) is 6.68. The van der Waals surface area contributed by atoms with Crippen molar-refractivity contribution in [1.82, 2.24) is 4.90 Å². The lowest BCUT2D eigenvalue weighted by atomic mass is 10.0. The third kappa shape index (κ3) is 4.53. The molecule has 1 heterocycles. The zero-order chi connectivity index (χ0) is 24.2. The predicted molar refractivity (Wildman–Crippen MR) is 133 cm³/mol. The first-order valence-electron chi connectivity index (χ1n) is 11.2. The van der Waals surface area contributed by atoms with Crippen LogP contribution in [0.15, 0.2) is 84.6 Å². The summed E-state index contributed by atoms with van der Waals surface area (Å²) in [6, 6.07) is 24.2. The summed E-state index contributed by atoms with van der Waals surface area (Å²) in [6.45, 7) is 4.03. The largest absolute Gasteiger partial charge is 0.496 e. The van der Waals surface area contributed by atoms with Crippen LogP contribution in [0.5, 0.6) is 11.5 Å². The third-order valence-corrected chi connectivity index (χ3v) is 5.66. The highest BCUT2D eigenvalue weighted by molar-refractivity contribution is 6.36. The lowest BCUT2D eigenvalue weighted by Crippen LogP contribution is -2.33. The van der Waals surface area contributed by atoms with Crippen LogP contribution in [0.1, 0.15) is 25.0 Å². The Morgan fingerprint density at radius 3 is 2.15 bits per heavy atom. The number of carbonyl (C=O) groups is 2. The summed E-state index contributed by atoms with van der Waals surface area (Å²) in [7, 11) is 3.38. The van der Waals surface area contributed by atoms with Crippen molar-refractivity contribution < 1.29 is 19.1 Å². The van der Waals surface area contributed by atoms with E-state index in [1.807, 2.05) is 92.7 Å². The number of hydrogen-bond donors (Lipinski definition) is 0. The average molecular weight is 457 g/mol. The van der Waals surface area contributed by atoms with Gasteiger partial charge in [-0.1, -0.05) is 48.5 Å². The smallest absolute Gasteiger partial charge is 0.278 e. The molecule has 3 aromatic carbocycles. The van der Waals surface area contributed by atoms with E-state index >= 15 is 0 Å². The molecule has 0 atom stereocenters. The van der Waals surface area contributed by atoms with Gasteiger partial charge < -0.3 is 14.4 Å². The lowest BCUT2D eigenvalue weighted by molar-refractivity contribution is -0.137. The van der Waals surface area contributed by atoms with Crippen molar-refractivity contribution in [3.8, 4) is 11.5 Å². The Hall–Kier alpha value is -4.06. The summed E-state index contributed by atoms with van der Waals surface area (Å²) in [5, 5.41) is 0. The number of amides is 2. The van der Waals surface area contributed by atoms with Gasteiger partial charge in [-0.2, -0.15) is 0 Å². The molecule has 1 aliphatic heterocycles. The summed E-state index contributed by atoms with van der Waals surface area (Å²) >= 11 is 0. The van der Waals surface area contributed by atoms with Crippen molar-refractivity contribution in [2.24, 2.45) is 0 Å². The number of likely N-dealkylation sites (N-methyl/N-ethyl adjacent to an activating group) is 1. The van der Waals surface area contributed by atoms with Crippen molar-refractivity contribution >= 4 is 23.1 Å². The van der Waals surface area contributed by atoms with E-state index in [2.05, 4.69) is 0 Å². The molecule has 2 amide bonds. The fraction of sp³-hybridized carbons (Fsp3) is 0.214. The molecule has 3 aromatic rings. The van der Waals surface area contributed by atoms with Crippen molar-refractivity contribution in [1.29, 1.82) is 0 Å². The first kappa shape index (κ1) is 23.1. The highest BCUT2D eigenvalue weighted by Gasteiger charge is 2.41. The molecule has 0 N–H and O–H groups in total. The molecule has 0 aromatic heterocycles. The molecule has 0 spiro atoms. The Balaban J connectivity index is 1.76. The summed E-state index contributed by atoms with van der Waals surface area (Å²) in [4.78, 5) is 30.4. The van der Waals surface area contributed by atoms with Crippen molar-refractivity contribution in [2.45, 2.75) is 26.5 Å². The van der Waals surface area contributed by atoms with Gasteiger partial charge in [-0.05, 0) is 49.7 Å². The maximum Gasteiger partial charge on any atom is 0.278 e. The fourth-order valence-corrected chi connectivity index (χ4v) is 4.04. The standard InChI is InChI=1S/C28H28N2O4/c1-19(2)34-23-16-14-20(15-17-23)25-26(29(3)22-11-6-5-7-12-22)28(32)30(27(25)31)18-21-10-8-9-13-24(21)33-4/h5-17,19H,18H2,1-4H3. The molecule has 0 aliphatic carbocycles. The van der Waals surface area contributed by atoms with Crippen LogP contribution in [0.25, 0.3) is 5.57 Å². The number of carbonyl (C=O) groups excluding carboxylic acids is 2. The zero-order valence-corrected chi connectivity index (χ0v) is 19.8. The highest BCUT2D eigenvalue weighted by atomic mass is 16.5. The van der Waals surface area contributed by atoms with E-state index in [4.69, 9.17) is 9.47 Å². The molecule has 4 rings (SSSR count). The topological polar surface area (TPSA) is 59.1 Å². The quantitative estimate of drug-likeness (QED) is 0.451. The van der Waals surface area contributed by atoms with Gasteiger partial charge >= 0.3 is 0 Å². The number of hydrogen-bond acceptors (Lipinski definition) is 5. The second-order valence-corrected chi connectivity index (χ2v) is 8.32. The van der Waals surface area contributed by atoms with Gasteiger partial charge in [0, 0.05) is 18.3 Å². The van der Waals surface area contributed by atoms with Crippen LogP contribution in [-0.2, 0) is 16.1 Å². The number of anilines is 1. The number of imide groups is 1. The SMILES string of the molecule is COc1ccccc1CN1C(=O)C(c2ccc(OC(C)C)cc2)=C(N(C)c2ccccc2)C1=O. The van der Waals surface area contributed by atoms with E-state index in [0.29, 0.717) is 28.3 Å². The number of ether oxygens (including phenoxy) is 2. The molecule has 34 heavy (non-hydrogen) atoms. The molecular formula is C28H28N2O4. The van der Waals surface area contributed by atoms with E-state index in [1.165, 1.54) is 4.90 Å². The number of nitrogens with zero attached hydrogens (tertiary/aromatic N) is 2. The second kappa shape index (κ2) is 9.83. The van der Waals surface area contributed by atoms with Gasteiger partial charge in [-0.25, -0.2) is 0 Å². The van der Waals surface area contributed by atoms with Crippen LogP contribution in [0.3, 0.4) is 0 Å². The number of methoxy groups -OCH3 is 1. The Labute approximate surface area is 200 Å². The van der Waals surface area contributed by atoms with Crippen LogP contribution < -0.4 is 14.4 Å². The summed E-state index contributed by atoms with van der Waals surface area (Å²) in [5.41, 5.74) is 2.94. The fourth-order valence-electron chi connectivity index (χ4n) is 4.04. The van der Waals surface area contributed by atoms with Gasteiger partial charge in [0.2, 0.25) is 0 Å². The summed E-state index contributed by atoms with van der Waals surface area (Å²) in [6.07, 6.45) is 0.0378. The molecule has 0 bridgehead atoms. The predicted octanol–water partition coefficient (Wildman–Crippen LogP) is 4.90. The number of rotatable bonds is 8. The molecule has 0 fully saturated rings. The molecule has 0 saturated carbocycles. The minimum absolute atomic E-state index is 0.0378. The van der Waals surface area contributed by atoms with E-state index in [1.54, 1.807) is 19.1 Å². The zero-order valence-electron chi connectivity index (χ0n) is 19.8. The van der Waals surface area contributed by atoms with Gasteiger partial charge in [0.15, 0.2) is 0 Å². The minimum atomic E-state index is -0.347. The van der Waals surface area contributed by atoms with Gasteiger partial charge in [0.1, 0.15) is 17.2 Å². The molecule has 6 heteroatoms. The van der Waals surface area contributed by atoms with Crippen molar-refractivity contribution in [3.05, 3.63) is 95.7 Å². The lowest BCUT2D eigenvalue weighted by Gasteiger charge is -2.22. The number of benzene rings is 3. The number of para-hydroxylation sites is 2. The van der Waals surface area contributed by atoms with Crippen LogP contribution in [0.2, 0.25) is 0 Å². The third-order valence-electron chi connectivity index (χ3n) is 5.66. The van der Waals surface area contributed by atoms with Gasteiger partial charge in [0.05, 0.1) is 25.3 Å². The normalized spacial score (nSPS) is 13.6. The highest BCUT2D eigenvalue weighted by Crippen LogP contribution is 2.35. The molecule has 0 saturated heterocycles. The van der Waals surface area contributed by atoms with Crippen LogP contribution in [0, 0.1) is 0 Å². The summed E-state index contributed by atoms with van der Waals surface area (Å²) in [5.74, 6) is 0.649. The Morgan fingerprint density at radius 1 is 0.853 bits per heavy atom. The van der Waals surface area contributed by atoms with Crippen LogP contribution in [0.4, 0.5) is 5.69 Å². The Bertz CT molecular complexity index is 1220. The van der Waals surface area contributed by atoms with E-state index < -0.39 is 0 Å². The molecule has 6 nitrogen and oxygen atoms in total. The molecule has 174 valence electrons. The second-order valence-electron chi connectivity index (χ2n) is 8.32. The van der Waals surface area contributed by atoms with Crippen molar-refractivity contribution in [2.75, 3.05) is 19.1 Å². The van der Waals surface area contributed by atoms with E-state index in [9.17, 15) is 9.59 Å². The molecule has 0 unspecified atom stereocenters. The first-order chi connectivity index (χ1) is 16.4. The Morgan fingerprint density at radius 2 is 1.50 bits per heavy atom. The monoisotopic (exact) mass is 456 g/mol. The van der Waals surface area contributed by atoms with Gasteiger partial charge in [-0.3, -0.25) is 14.5 Å². The van der Waals surface area contributed by atoms with Gasteiger partial charge in [0.25, 0.3) is 11.8 Å². The molecular weight excluding hydrogens is 428 g/mol. The van der Waals surface area contributed by atoms with Crippen LogP contribution in [-0.4, -0.2) is 37.0 Å². The van der Waals surface area contributed by atoms with E-state index in [0.717, 1.165) is 11.3 Å². The van der Waals surface area contributed by atoms with Crippen molar-refractivity contribution in [3.63, 3.8) is 0 Å². The molecule has 0 radical (unpaired) electrons. The van der Waals surface area contributed by atoms with Crippen LogP contribution >= 0.6 is 0 Å². The average Bonchev–Trinajstić information content (AvgIpc) is 3.09. The molecule has 1 aliphatic rings. The maximum absolute atomic E-state index is 13.7.